The lowest BCUT2D eigenvalue weighted by atomic mass is 9.96. The Morgan fingerprint density at radius 3 is 2.67 bits per heavy atom. The van der Waals surface area contributed by atoms with Crippen molar-refractivity contribution in [3.8, 4) is 11.5 Å². The smallest absolute Gasteiger partial charge is 0.224 e. The molecule has 0 radical (unpaired) electrons. The first-order chi connectivity index (χ1) is 14.5. The number of piperidine rings is 1. The first-order valence-corrected chi connectivity index (χ1v) is 10.9. The third-order valence-corrected chi connectivity index (χ3v) is 6.03. The summed E-state index contributed by atoms with van der Waals surface area (Å²) in [5.74, 6) is 1.51. The number of ether oxygens (including phenoxy) is 2. The van der Waals surface area contributed by atoms with E-state index < -0.39 is 0 Å². The summed E-state index contributed by atoms with van der Waals surface area (Å²) in [6, 6.07) is 11.4. The molecule has 5 nitrogen and oxygen atoms in total. The molecule has 0 aromatic heterocycles. The number of hydrogen-bond donors (Lipinski definition) is 1. The van der Waals surface area contributed by atoms with Crippen LogP contribution in [0, 0.1) is 5.92 Å². The minimum Gasteiger partial charge on any atom is -0.493 e. The van der Waals surface area contributed by atoms with Gasteiger partial charge in [0.15, 0.2) is 11.5 Å². The number of nitrogens with zero attached hydrogens (tertiary/aromatic N) is 1. The summed E-state index contributed by atoms with van der Waals surface area (Å²) in [6.07, 6.45) is 2.65. The molecule has 1 aliphatic heterocycles. The van der Waals surface area contributed by atoms with Crippen molar-refractivity contribution in [3.63, 3.8) is 0 Å². The van der Waals surface area contributed by atoms with Crippen LogP contribution in [0.5, 0.6) is 11.5 Å². The van der Waals surface area contributed by atoms with Crippen LogP contribution in [0.1, 0.15) is 24.0 Å². The van der Waals surface area contributed by atoms with Gasteiger partial charge < -0.3 is 14.8 Å². The molecular weight excluding hydrogens is 423 g/mol. The average Bonchev–Trinajstić information content (AvgIpc) is 2.75. The summed E-state index contributed by atoms with van der Waals surface area (Å²) in [6.45, 7) is 3.02. The molecule has 3 rings (SSSR count). The molecule has 0 unspecified atom stereocenters. The van der Waals surface area contributed by atoms with E-state index in [1.54, 1.807) is 20.3 Å². The molecule has 1 fully saturated rings. The van der Waals surface area contributed by atoms with Gasteiger partial charge in [0.25, 0.3) is 0 Å². The van der Waals surface area contributed by atoms with Gasteiger partial charge in [-0.15, -0.1) is 0 Å². The summed E-state index contributed by atoms with van der Waals surface area (Å²) in [7, 11) is 3.24. The molecule has 2 aromatic carbocycles. The van der Waals surface area contributed by atoms with E-state index in [1.807, 2.05) is 30.3 Å². The van der Waals surface area contributed by atoms with Crippen molar-refractivity contribution in [1.29, 1.82) is 0 Å². The van der Waals surface area contributed by atoms with E-state index in [2.05, 4.69) is 10.2 Å². The van der Waals surface area contributed by atoms with Crippen LogP contribution in [0.3, 0.4) is 0 Å². The van der Waals surface area contributed by atoms with Gasteiger partial charge in [-0.3, -0.25) is 9.69 Å². The zero-order chi connectivity index (χ0) is 21.5. The first-order valence-electron chi connectivity index (χ1n) is 10.1. The largest absolute Gasteiger partial charge is 0.493 e. The molecule has 1 aliphatic rings. The first kappa shape index (κ1) is 22.7. The number of rotatable bonds is 8. The Morgan fingerprint density at radius 2 is 1.93 bits per heavy atom. The maximum absolute atomic E-state index is 12.7. The molecule has 1 saturated heterocycles. The van der Waals surface area contributed by atoms with E-state index in [-0.39, 0.29) is 11.8 Å². The molecule has 0 spiro atoms. The number of likely N-dealkylation sites (tertiary alicyclic amines) is 1. The van der Waals surface area contributed by atoms with Gasteiger partial charge in [-0.25, -0.2) is 0 Å². The molecule has 1 heterocycles. The number of benzene rings is 2. The van der Waals surface area contributed by atoms with Crippen LogP contribution in [0.15, 0.2) is 36.4 Å². The highest BCUT2D eigenvalue weighted by Crippen LogP contribution is 2.28. The number of carbonyl (C=O) groups excluding carboxylic acids is 1. The molecule has 0 bridgehead atoms. The molecule has 162 valence electrons. The van der Waals surface area contributed by atoms with Crippen LogP contribution in [0.2, 0.25) is 10.0 Å². The second-order valence-corrected chi connectivity index (χ2v) is 8.38. The molecule has 2 aromatic rings. The van der Waals surface area contributed by atoms with E-state index in [1.165, 1.54) is 0 Å². The monoisotopic (exact) mass is 450 g/mol. The Balaban J connectivity index is 1.49. The molecule has 1 N–H and O–H groups in total. The number of nitrogens with one attached hydrogen (secondary N) is 1. The SMILES string of the molecule is COc1ccc(CCNC(=O)[C@H]2CCCN(Cc3ccc(Cl)cc3Cl)C2)cc1OC. The molecule has 7 heteroatoms. The van der Waals surface area contributed by atoms with E-state index >= 15 is 0 Å². The number of hydrogen-bond acceptors (Lipinski definition) is 4. The Kier molecular flexibility index (Phi) is 8.25. The van der Waals surface area contributed by atoms with Gasteiger partial charge in [-0.05, 0) is 61.2 Å². The Hall–Kier alpha value is -1.95. The predicted octanol–water partition coefficient (Wildman–Crippen LogP) is 4.58. The van der Waals surface area contributed by atoms with Gasteiger partial charge in [-0.1, -0.05) is 35.3 Å². The van der Waals surface area contributed by atoms with Gasteiger partial charge in [0, 0.05) is 29.7 Å². The zero-order valence-electron chi connectivity index (χ0n) is 17.4. The van der Waals surface area contributed by atoms with Crippen LogP contribution in [0.25, 0.3) is 0 Å². The van der Waals surface area contributed by atoms with Gasteiger partial charge in [0.2, 0.25) is 5.91 Å². The fourth-order valence-corrected chi connectivity index (χ4v) is 4.28. The fraction of sp³-hybridized carbons (Fsp3) is 0.435. The van der Waals surface area contributed by atoms with Gasteiger partial charge >= 0.3 is 0 Å². The van der Waals surface area contributed by atoms with Crippen LogP contribution in [-0.2, 0) is 17.8 Å². The van der Waals surface area contributed by atoms with Crippen molar-refractivity contribution >= 4 is 29.1 Å². The molecule has 0 saturated carbocycles. The Labute approximate surface area is 188 Å². The number of amides is 1. The summed E-state index contributed by atoms with van der Waals surface area (Å²) >= 11 is 12.3. The highest BCUT2D eigenvalue weighted by molar-refractivity contribution is 6.35. The maximum atomic E-state index is 12.7. The van der Waals surface area contributed by atoms with Crippen molar-refractivity contribution < 1.29 is 14.3 Å². The third-order valence-electron chi connectivity index (χ3n) is 5.45. The molecular formula is C23H28Cl2N2O3. The van der Waals surface area contributed by atoms with Crippen molar-refractivity contribution in [2.24, 2.45) is 5.92 Å². The number of methoxy groups -OCH3 is 2. The molecule has 30 heavy (non-hydrogen) atoms. The second-order valence-electron chi connectivity index (χ2n) is 7.54. The average molecular weight is 451 g/mol. The van der Waals surface area contributed by atoms with E-state index in [0.29, 0.717) is 28.1 Å². The minimum absolute atomic E-state index is 0.00442. The van der Waals surface area contributed by atoms with Crippen molar-refractivity contribution in [2.45, 2.75) is 25.8 Å². The minimum atomic E-state index is -0.00442. The predicted molar refractivity (Wildman–Crippen MR) is 121 cm³/mol. The van der Waals surface area contributed by atoms with Crippen LogP contribution < -0.4 is 14.8 Å². The molecule has 1 atom stereocenters. The Bertz CT molecular complexity index is 876. The normalized spacial score (nSPS) is 16.9. The zero-order valence-corrected chi connectivity index (χ0v) is 18.9. The topological polar surface area (TPSA) is 50.8 Å². The molecule has 0 aliphatic carbocycles. The quantitative estimate of drug-likeness (QED) is 0.639. The van der Waals surface area contributed by atoms with E-state index in [9.17, 15) is 4.79 Å². The number of carbonyl (C=O) groups is 1. The van der Waals surface area contributed by atoms with Gasteiger partial charge in [-0.2, -0.15) is 0 Å². The van der Waals surface area contributed by atoms with Crippen LogP contribution in [-0.4, -0.2) is 44.7 Å². The highest BCUT2D eigenvalue weighted by Gasteiger charge is 2.26. The summed E-state index contributed by atoms with van der Waals surface area (Å²) in [4.78, 5) is 15.0. The van der Waals surface area contributed by atoms with Crippen molar-refractivity contribution in [1.82, 2.24) is 10.2 Å². The van der Waals surface area contributed by atoms with E-state index in [4.69, 9.17) is 32.7 Å². The molecule has 1 amide bonds. The highest BCUT2D eigenvalue weighted by atomic mass is 35.5. The van der Waals surface area contributed by atoms with Gasteiger partial charge in [0.1, 0.15) is 0 Å². The lowest BCUT2D eigenvalue weighted by molar-refractivity contribution is -0.126. The van der Waals surface area contributed by atoms with Crippen molar-refractivity contribution in [2.75, 3.05) is 33.9 Å². The summed E-state index contributed by atoms with van der Waals surface area (Å²) < 4.78 is 10.6. The lowest BCUT2D eigenvalue weighted by Gasteiger charge is -2.32. The second kappa shape index (κ2) is 10.9. The fourth-order valence-electron chi connectivity index (χ4n) is 3.81. The maximum Gasteiger partial charge on any atom is 0.224 e. The third kappa shape index (κ3) is 6.03. The van der Waals surface area contributed by atoms with E-state index in [0.717, 1.165) is 50.0 Å². The standard InChI is InChI=1S/C23H28Cl2N2O3/c1-29-21-8-5-16(12-22(21)30-2)9-10-26-23(28)18-4-3-11-27(15-18)14-17-6-7-19(24)13-20(17)25/h5-8,12-13,18H,3-4,9-11,14-15H2,1-2H3,(H,26,28)/t18-/m0/s1. The van der Waals surface area contributed by atoms with Gasteiger partial charge in [0.05, 0.1) is 20.1 Å². The Morgan fingerprint density at radius 1 is 1.13 bits per heavy atom. The summed E-state index contributed by atoms with van der Waals surface area (Å²) in [5, 5.41) is 4.39. The van der Waals surface area contributed by atoms with Crippen LogP contribution >= 0.6 is 23.2 Å². The van der Waals surface area contributed by atoms with Crippen LogP contribution in [0.4, 0.5) is 0 Å². The summed E-state index contributed by atoms with van der Waals surface area (Å²) in [5.41, 5.74) is 2.13. The van der Waals surface area contributed by atoms with Crippen molar-refractivity contribution in [3.05, 3.63) is 57.6 Å². The lowest BCUT2D eigenvalue weighted by Crippen LogP contribution is -2.43. The number of halogens is 2.